The molecule has 8 nitrogen and oxygen atoms in total. The van der Waals surface area contributed by atoms with E-state index in [2.05, 4.69) is 30.1 Å². The monoisotopic (exact) mass is 292 g/mol. The minimum Gasteiger partial charge on any atom is -0.378 e. The Labute approximate surface area is 124 Å². The van der Waals surface area contributed by atoms with Gasteiger partial charge in [0.1, 0.15) is 0 Å². The molecule has 0 aromatic carbocycles. The first-order chi connectivity index (χ1) is 10.4. The van der Waals surface area contributed by atoms with Gasteiger partial charge in [-0.1, -0.05) is 0 Å². The third kappa shape index (κ3) is 3.51. The molecule has 0 unspecified atom stereocenters. The highest BCUT2D eigenvalue weighted by Crippen LogP contribution is 2.20. The molecule has 1 aromatic rings. The molecule has 2 saturated heterocycles. The number of nitrogens with zero attached hydrogens (tertiary/aromatic N) is 5. The first kappa shape index (κ1) is 14.3. The highest BCUT2D eigenvalue weighted by molar-refractivity contribution is 5.45. The summed E-state index contributed by atoms with van der Waals surface area (Å²) in [4.78, 5) is 17.9. The zero-order valence-corrected chi connectivity index (χ0v) is 12.2. The van der Waals surface area contributed by atoms with Gasteiger partial charge in [0.05, 0.1) is 19.9 Å². The van der Waals surface area contributed by atoms with E-state index in [1.54, 1.807) is 0 Å². The first-order valence-corrected chi connectivity index (χ1v) is 7.59. The second-order valence-electron chi connectivity index (χ2n) is 5.26. The molecule has 115 valence electrons. The van der Waals surface area contributed by atoms with Crippen LogP contribution in [0.15, 0.2) is 0 Å². The first-order valence-electron chi connectivity index (χ1n) is 7.59. The fourth-order valence-corrected chi connectivity index (χ4v) is 2.65. The Balaban J connectivity index is 1.85. The Morgan fingerprint density at radius 2 is 1.52 bits per heavy atom. The second kappa shape index (κ2) is 6.86. The van der Waals surface area contributed by atoms with Gasteiger partial charge >= 0.3 is 0 Å². The number of aromatic nitrogens is 3. The summed E-state index contributed by atoms with van der Waals surface area (Å²) in [5.74, 6) is 1.90. The Morgan fingerprint density at radius 3 is 2.14 bits per heavy atom. The van der Waals surface area contributed by atoms with Crippen molar-refractivity contribution in [3.63, 3.8) is 0 Å². The molecule has 2 fully saturated rings. The van der Waals surface area contributed by atoms with E-state index in [9.17, 15) is 0 Å². The lowest BCUT2D eigenvalue weighted by Crippen LogP contribution is -2.38. The molecule has 3 heterocycles. The van der Waals surface area contributed by atoms with Crippen LogP contribution in [0.5, 0.6) is 0 Å². The molecule has 1 radical (unpaired) electrons. The zero-order chi connectivity index (χ0) is 14.5. The third-order valence-corrected chi connectivity index (χ3v) is 3.79. The van der Waals surface area contributed by atoms with E-state index in [4.69, 9.17) is 10.5 Å². The molecular weight excluding hydrogens is 270 g/mol. The van der Waals surface area contributed by atoms with Crippen LogP contribution in [0.4, 0.5) is 17.8 Å². The molecule has 1 aromatic heterocycles. The molecular formula is C13H22N7O. The van der Waals surface area contributed by atoms with Crippen molar-refractivity contribution < 1.29 is 4.74 Å². The molecule has 21 heavy (non-hydrogen) atoms. The maximum atomic E-state index is 7.31. The summed E-state index contributed by atoms with van der Waals surface area (Å²) < 4.78 is 5.38. The predicted octanol–water partition coefficient (Wildman–Crippen LogP) is 0.351. The maximum absolute atomic E-state index is 7.31. The van der Waals surface area contributed by atoms with Crippen LogP contribution in [0.3, 0.4) is 0 Å². The lowest BCUT2D eigenvalue weighted by molar-refractivity contribution is 0.122. The maximum Gasteiger partial charge on any atom is 0.232 e. The van der Waals surface area contributed by atoms with E-state index < -0.39 is 0 Å². The van der Waals surface area contributed by atoms with Gasteiger partial charge in [0.2, 0.25) is 17.8 Å². The van der Waals surface area contributed by atoms with Crippen LogP contribution in [-0.2, 0) is 4.74 Å². The van der Waals surface area contributed by atoms with Crippen molar-refractivity contribution in [1.29, 1.82) is 0 Å². The van der Waals surface area contributed by atoms with Crippen molar-refractivity contribution in [2.75, 3.05) is 61.2 Å². The number of morpholine rings is 1. The number of nitrogens with one attached hydrogen (secondary N) is 2. The standard InChI is InChI=1S/C13H22N7O/c14-10-15-11-16-12(19-4-2-1-3-5-19)18-13(17-11)20-6-8-21-9-7-20/h14H,1-10H2,(H,15,16,17,18). The molecule has 0 spiro atoms. The van der Waals surface area contributed by atoms with Gasteiger partial charge in [0.15, 0.2) is 0 Å². The van der Waals surface area contributed by atoms with Gasteiger partial charge in [0.25, 0.3) is 0 Å². The summed E-state index contributed by atoms with van der Waals surface area (Å²) in [6.45, 7) is 5.04. The lowest BCUT2D eigenvalue weighted by Gasteiger charge is -2.30. The fourth-order valence-electron chi connectivity index (χ4n) is 2.65. The SMILES string of the molecule is [NH]CNc1nc(N2CCCCC2)nc(N2CCOCC2)n1. The van der Waals surface area contributed by atoms with E-state index in [0.717, 1.165) is 32.1 Å². The van der Waals surface area contributed by atoms with Crippen molar-refractivity contribution in [1.82, 2.24) is 20.7 Å². The molecule has 0 bridgehead atoms. The van der Waals surface area contributed by atoms with Crippen LogP contribution in [0.25, 0.3) is 0 Å². The number of rotatable bonds is 4. The largest absolute Gasteiger partial charge is 0.378 e. The molecule has 2 aliphatic rings. The van der Waals surface area contributed by atoms with Gasteiger partial charge < -0.3 is 19.9 Å². The van der Waals surface area contributed by atoms with Gasteiger partial charge in [-0.05, 0) is 19.3 Å². The van der Waals surface area contributed by atoms with Gasteiger partial charge in [-0.15, -0.1) is 0 Å². The zero-order valence-electron chi connectivity index (χ0n) is 12.2. The van der Waals surface area contributed by atoms with Crippen LogP contribution >= 0.6 is 0 Å². The summed E-state index contributed by atoms with van der Waals surface area (Å²) in [5, 5.41) is 2.89. The average Bonchev–Trinajstić information content (AvgIpc) is 2.56. The van der Waals surface area contributed by atoms with Crippen LogP contribution in [0.1, 0.15) is 19.3 Å². The van der Waals surface area contributed by atoms with Crippen LogP contribution in [0, 0.1) is 0 Å². The lowest BCUT2D eigenvalue weighted by atomic mass is 10.1. The predicted molar refractivity (Wildman–Crippen MR) is 80.5 cm³/mol. The van der Waals surface area contributed by atoms with E-state index in [1.165, 1.54) is 19.3 Å². The third-order valence-electron chi connectivity index (χ3n) is 3.79. The molecule has 3 rings (SSSR count). The summed E-state index contributed by atoms with van der Waals surface area (Å²) in [7, 11) is 0. The molecule has 2 N–H and O–H groups in total. The average molecular weight is 292 g/mol. The quantitative estimate of drug-likeness (QED) is 0.856. The molecule has 0 atom stereocenters. The summed E-state index contributed by atoms with van der Waals surface area (Å²) in [6.07, 6.45) is 3.63. The molecule has 0 saturated carbocycles. The summed E-state index contributed by atoms with van der Waals surface area (Å²) in [6, 6.07) is 0. The van der Waals surface area contributed by atoms with Gasteiger partial charge in [-0.2, -0.15) is 15.0 Å². The smallest absolute Gasteiger partial charge is 0.232 e. The van der Waals surface area contributed by atoms with E-state index in [-0.39, 0.29) is 6.67 Å². The van der Waals surface area contributed by atoms with E-state index in [0.29, 0.717) is 25.1 Å². The molecule has 0 amide bonds. The Kier molecular flexibility index (Phi) is 4.66. The van der Waals surface area contributed by atoms with Crippen LogP contribution < -0.4 is 20.9 Å². The Hall–Kier alpha value is -1.67. The fraction of sp³-hybridized carbons (Fsp3) is 0.769. The molecule has 8 heteroatoms. The van der Waals surface area contributed by atoms with Crippen molar-refractivity contribution >= 4 is 17.8 Å². The molecule has 2 aliphatic heterocycles. The van der Waals surface area contributed by atoms with Gasteiger partial charge in [-0.25, -0.2) is 5.73 Å². The number of hydrogen-bond donors (Lipinski definition) is 1. The van der Waals surface area contributed by atoms with Crippen molar-refractivity contribution in [3.8, 4) is 0 Å². The van der Waals surface area contributed by atoms with Crippen LogP contribution in [-0.4, -0.2) is 61.0 Å². The number of piperidine rings is 1. The van der Waals surface area contributed by atoms with Crippen molar-refractivity contribution in [2.24, 2.45) is 0 Å². The van der Waals surface area contributed by atoms with Gasteiger partial charge in [-0.3, -0.25) is 0 Å². The minimum atomic E-state index is 0.0615. The number of anilines is 3. The Morgan fingerprint density at radius 1 is 0.905 bits per heavy atom. The number of ether oxygens (including phenoxy) is 1. The second-order valence-corrected chi connectivity index (χ2v) is 5.26. The normalized spacial score (nSPS) is 19.7. The topological polar surface area (TPSA) is 90.2 Å². The summed E-state index contributed by atoms with van der Waals surface area (Å²) >= 11 is 0. The minimum absolute atomic E-state index is 0.0615. The van der Waals surface area contributed by atoms with Crippen molar-refractivity contribution in [2.45, 2.75) is 19.3 Å². The van der Waals surface area contributed by atoms with E-state index >= 15 is 0 Å². The van der Waals surface area contributed by atoms with E-state index in [1.807, 2.05) is 0 Å². The van der Waals surface area contributed by atoms with Crippen LogP contribution in [0.2, 0.25) is 0 Å². The number of hydrogen-bond acceptors (Lipinski definition) is 7. The van der Waals surface area contributed by atoms with Gasteiger partial charge in [0, 0.05) is 26.2 Å². The molecule has 0 aliphatic carbocycles. The summed E-state index contributed by atoms with van der Waals surface area (Å²) in [5.41, 5.74) is 7.31. The highest BCUT2D eigenvalue weighted by atomic mass is 16.5. The highest BCUT2D eigenvalue weighted by Gasteiger charge is 2.20. The van der Waals surface area contributed by atoms with Crippen molar-refractivity contribution in [3.05, 3.63) is 0 Å². The Bertz CT molecular complexity index is 422.